The maximum absolute atomic E-state index is 11.1. The number of rotatable bonds is 7. The summed E-state index contributed by atoms with van der Waals surface area (Å²) in [5.41, 5.74) is 0.891. The normalized spacial score (nSPS) is 20.8. The first-order valence-corrected chi connectivity index (χ1v) is 10.8. The number of imidazole rings is 1. The summed E-state index contributed by atoms with van der Waals surface area (Å²) in [5.74, 6) is 0.477. The maximum Gasteiger partial charge on any atom is 0.165 e. The molecule has 0 aliphatic carbocycles. The van der Waals surface area contributed by atoms with Crippen LogP contribution >= 0.6 is 15.6 Å². The van der Waals surface area contributed by atoms with Crippen LogP contribution in [0.4, 0.5) is 5.82 Å². The van der Waals surface area contributed by atoms with E-state index in [2.05, 4.69) is 29.3 Å². The van der Waals surface area contributed by atoms with E-state index in [1.54, 1.807) is 11.6 Å². The first-order valence-electron chi connectivity index (χ1n) is 7.91. The number of nitrogens with zero attached hydrogens (tertiary/aromatic N) is 4. The molecule has 20 heteroatoms. The smallest absolute Gasteiger partial charge is 0.165 e. The Balaban J connectivity index is 0. The second-order valence-corrected chi connectivity index (χ2v) is 8.15. The number of hydrogen-bond donors (Lipinski definition) is 5. The molecule has 18 nitrogen and oxygen atoms in total. The van der Waals surface area contributed by atoms with Gasteiger partial charge in [-0.3, -0.25) is 0 Å². The molecule has 0 bridgehead atoms. The van der Waals surface area contributed by atoms with Crippen LogP contribution < -0.4 is 49.5 Å². The summed E-state index contributed by atoms with van der Waals surface area (Å²) in [6.45, 7) is -0.805. The third-order valence-corrected chi connectivity index (χ3v) is 5.07. The molecule has 2 aromatic heterocycles. The van der Waals surface area contributed by atoms with Gasteiger partial charge in [0.15, 0.2) is 11.5 Å². The maximum atomic E-state index is 11.1. The lowest BCUT2D eigenvalue weighted by atomic mass is 10.0. The highest BCUT2D eigenvalue weighted by molar-refractivity contribution is 7.43. The fourth-order valence-corrected chi connectivity index (χ4v) is 3.81. The number of quaternary nitrogens is 4. The lowest BCUT2D eigenvalue weighted by Gasteiger charge is -2.42. The van der Waals surface area contributed by atoms with Crippen LogP contribution in [-0.2, 0) is 22.9 Å². The van der Waals surface area contributed by atoms with E-state index < -0.39 is 40.5 Å². The van der Waals surface area contributed by atoms with E-state index >= 15 is 0 Å². The summed E-state index contributed by atoms with van der Waals surface area (Å²) < 4.78 is 37.4. The van der Waals surface area contributed by atoms with E-state index in [0.29, 0.717) is 17.0 Å². The van der Waals surface area contributed by atoms with Crippen molar-refractivity contribution in [3.05, 3.63) is 12.7 Å². The topological polar surface area (TPSA) is 356 Å². The third kappa shape index (κ3) is 8.05. The van der Waals surface area contributed by atoms with Gasteiger partial charge in [-0.15, -0.1) is 0 Å². The Kier molecular flexibility index (Phi) is 12.8. The van der Waals surface area contributed by atoms with Crippen molar-refractivity contribution in [3.63, 3.8) is 0 Å². The molecule has 188 valence electrons. The molecule has 3 rings (SSSR count). The average Bonchev–Trinajstić information content (AvgIpc) is 3.02. The number of anilines is 1. The number of hydrogen-bond acceptors (Lipinski definition) is 13. The molecule has 3 heterocycles. The van der Waals surface area contributed by atoms with E-state index in [9.17, 15) is 28.7 Å². The van der Waals surface area contributed by atoms with Crippen molar-refractivity contribution in [3.8, 4) is 0 Å². The highest BCUT2D eigenvalue weighted by Gasteiger charge is 2.35. The van der Waals surface area contributed by atoms with Gasteiger partial charge in [-0.25, -0.2) is 15.0 Å². The Morgan fingerprint density at radius 3 is 2.34 bits per heavy atom. The van der Waals surface area contributed by atoms with Gasteiger partial charge < -0.3 is 77.0 Å². The van der Waals surface area contributed by atoms with Crippen molar-refractivity contribution in [1.29, 1.82) is 0 Å². The molecule has 1 aliphatic heterocycles. The van der Waals surface area contributed by atoms with Crippen LogP contribution in [0, 0.1) is 0 Å². The van der Waals surface area contributed by atoms with E-state index in [4.69, 9.17) is 4.74 Å². The minimum absolute atomic E-state index is 0. The summed E-state index contributed by atoms with van der Waals surface area (Å²) in [7, 11) is -9.08. The lowest BCUT2D eigenvalue weighted by Crippen LogP contribution is -2.44. The summed E-state index contributed by atoms with van der Waals surface area (Å²) in [6.07, 6.45) is 0.0775. The zero-order valence-corrected chi connectivity index (χ0v) is 20.2. The molecule has 0 radical (unpaired) electrons. The molecule has 2 aromatic rings. The number of phosphoric acid groups is 2. The quantitative estimate of drug-likeness (QED) is 0.274. The highest BCUT2D eigenvalue weighted by atomic mass is 31.2. The van der Waals surface area contributed by atoms with Crippen LogP contribution in [0.5, 0.6) is 0 Å². The van der Waals surface area contributed by atoms with Gasteiger partial charge in [0.1, 0.15) is 17.9 Å². The molecule has 17 N–H and O–H groups in total. The zero-order chi connectivity index (χ0) is 20.5. The van der Waals surface area contributed by atoms with Gasteiger partial charge in [-0.2, -0.15) is 0 Å². The minimum Gasteiger partial charge on any atom is -0.790 e. The predicted molar refractivity (Wildman–Crippen MR) is 108 cm³/mol. The van der Waals surface area contributed by atoms with Gasteiger partial charge in [0.25, 0.3) is 0 Å². The number of fused-ring (bicyclic) bond motifs is 1. The van der Waals surface area contributed by atoms with Gasteiger partial charge in [0.05, 0.1) is 47.3 Å². The van der Waals surface area contributed by atoms with Crippen LogP contribution in [0.2, 0.25) is 0 Å². The molecular formula is C12H31N9O9P2. The van der Waals surface area contributed by atoms with Crippen molar-refractivity contribution in [1.82, 2.24) is 44.1 Å². The van der Waals surface area contributed by atoms with E-state index in [-0.39, 0.29) is 37.6 Å². The van der Waals surface area contributed by atoms with Crippen molar-refractivity contribution in [2.75, 3.05) is 25.6 Å². The molecule has 0 amide bonds. The van der Waals surface area contributed by atoms with Gasteiger partial charge >= 0.3 is 0 Å². The van der Waals surface area contributed by atoms with Crippen LogP contribution in [0.15, 0.2) is 12.7 Å². The standard InChI is InChI=1S/C12H19N5O9P2.4H3N/c1-13-11-10-12(15-5-14-11)17(6-16-10)7-2-8(26-28(21,22)23)9(24-3-7)4-25-27(18,19)20;;;;/h5-9H,2-4H2,1H3,(H,13,14,15)(H2,18,19,20)(H2,21,22,23);4*1H3/t7-,8-,9+;;;;/m0..../s1. The first kappa shape index (κ1) is 32.5. The lowest BCUT2D eigenvalue weighted by molar-refractivity contribution is -0.349. The minimum atomic E-state index is -5.42. The summed E-state index contributed by atoms with van der Waals surface area (Å²) in [5, 5.41) is 2.86. The molecular weight excluding hydrogens is 476 g/mol. The van der Waals surface area contributed by atoms with Gasteiger partial charge in [-0.05, 0) is 6.42 Å². The Hall–Kier alpha value is -1.63. The molecule has 1 saturated heterocycles. The predicted octanol–water partition coefficient (Wildman–Crippen LogP) is -1.24. The second kappa shape index (κ2) is 12.6. The van der Waals surface area contributed by atoms with Crippen LogP contribution in [-0.4, -0.2) is 52.0 Å². The summed E-state index contributed by atoms with van der Waals surface area (Å²) in [4.78, 5) is 55.8. The molecule has 0 aromatic carbocycles. The molecule has 3 atom stereocenters. The molecule has 0 saturated carbocycles. The fraction of sp³-hybridized carbons (Fsp3) is 0.583. The largest absolute Gasteiger partial charge is 0.790 e. The van der Waals surface area contributed by atoms with E-state index in [0.717, 1.165) is 0 Å². The Morgan fingerprint density at radius 1 is 1.12 bits per heavy atom. The number of ether oxygens (including phenoxy) is 1. The fourth-order valence-electron chi connectivity index (χ4n) is 2.92. The Bertz CT molecular complexity index is 936. The van der Waals surface area contributed by atoms with Crippen LogP contribution in [0.3, 0.4) is 0 Å². The third-order valence-electron chi connectivity index (χ3n) is 4.07. The van der Waals surface area contributed by atoms with Crippen LogP contribution in [0.1, 0.15) is 12.5 Å². The number of phosphoric ester groups is 2. The Morgan fingerprint density at radius 2 is 1.78 bits per heavy atom. The van der Waals surface area contributed by atoms with Gasteiger partial charge in [0.2, 0.25) is 0 Å². The number of nitrogens with one attached hydrogen (secondary N) is 1. The number of aromatic nitrogens is 4. The van der Waals surface area contributed by atoms with Crippen molar-refractivity contribution < 1.29 is 42.5 Å². The van der Waals surface area contributed by atoms with Gasteiger partial charge in [0, 0.05) is 7.05 Å². The van der Waals surface area contributed by atoms with Crippen LogP contribution in [0.25, 0.3) is 11.2 Å². The monoisotopic (exact) mass is 507 g/mol. The summed E-state index contributed by atoms with van der Waals surface area (Å²) >= 11 is 0. The second-order valence-electron chi connectivity index (χ2n) is 5.89. The highest BCUT2D eigenvalue weighted by Crippen LogP contribution is 2.37. The van der Waals surface area contributed by atoms with Gasteiger partial charge in [-0.1, -0.05) is 0 Å². The molecule has 1 aliphatic rings. The molecule has 0 unspecified atom stereocenters. The SMILES string of the molecule is CNc1ncnc2c1ncn2[C@@H]1CO[C@H](COP(=O)([O-])[O-])[C@@H](OP(=O)([O-])[O-])C1.[NH4+].[NH4+].[NH4+].[NH4+]. The van der Waals surface area contributed by atoms with E-state index in [1.807, 2.05) is 0 Å². The summed E-state index contributed by atoms with van der Waals surface area (Å²) in [6, 6.07) is -0.538. The molecule has 0 spiro atoms. The van der Waals surface area contributed by atoms with E-state index in [1.165, 1.54) is 12.7 Å². The van der Waals surface area contributed by atoms with Crippen molar-refractivity contribution in [2.24, 2.45) is 0 Å². The Labute approximate surface area is 182 Å². The molecule has 32 heavy (non-hydrogen) atoms. The average molecular weight is 507 g/mol. The van der Waals surface area contributed by atoms with Crippen molar-refractivity contribution in [2.45, 2.75) is 24.7 Å². The zero-order valence-electron chi connectivity index (χ0n) is 18.4. The van der Waals surface area contributed by atoms with Crippen molar-refractivity contribution >= 4 is 32.6 Å². The first-order chi connectivity index (χ1) is 13.1. The molecule has 1 fully saturated rings.